The Morgan fingerprint density at radius 3 is 2.60 bits per heavy atom. The van der Waals surface area contributed by atoms with Crippen molar-refractivity contribution >= 4 is 6.03 Å². The number of aliphatic hydroxyl groups is 1. The molecule has 0 radical (unpaired) electrons. The molecule has 1 aliphatic rings. The summed E-state index contributed by atoms with van der Waals surface area (Å²) in [6.07, 6.45) is 1.98. The van der Waals surface area contributed by atoms with Gasteiger partial charge in [-0.15, -0.1) is 0 Å². The van der Waals surface area contributed by atoms with Crippen molar-refractivity contribution in [2.24, 2.45) is 0 Å². The second-order valence-corrected chi connectivity index (χ2v) is 3.96. The van der Waals surface area contributed by atoms with Crippen molar-refractivity contribution in [2.75, 3.05) is 40.3 Å². The molecule has 0 bridgehead atoms. The van der Waals surface area contributed by atoms with Crippen LogP contribution in [0.25, 0.3) is 0 Å². The van der Waals surface area contributed by atoms with Crippen molar-refractivity contribution < 1.29 is 9.90 Å². The van der Waals surface area contributed by atoms with Gasteiger partial charge >= 0.3 is 6.03 Å². The van der Waals surface area contributed by atoms with Gasteiger partial charge in [-0.2, -0.15) is 0 Å². The number of urea groups is 1. The van der Waals surface area contributed by atoms with E-state index in [9.17, 15) is 4.79 Å². The minimum absolute atomic E-state index is 0.0180. The molecule has 15 heavy (non-hydrogen) atoms. The fourth-order valence-corrected chi connectivity index (χ4v) is 2.01. The Balaban J connectivity index is 2.33. The van der Waals surface area contributed by atoms with E-state index in [-0.39, 0.29) is 12.6 Å². The van der Waals surface area contributed by atoms with Crippen LogP contribution in [0, 0.1) is 0 Å². The minimum atomic E-state index is -0.0180. The Morgan fingerprint density at radius 1 is 1.53 bits per heavy atom. The summed E-state index contributed by atoms with van der Waals surface area (Å²) in [6.45, 7) is 2.89. The number of hydrogen-bond donors (Lipinski definition) is 2. The van der Waals surface area contributed by atoms with Crippen molar-refractivity contribution in [3.63, 3.8) is 0 Å². The molecule has 1 fully saturated rings. The molecule has 5 heteroatoms. The number of carbonyl (C=O) groups excluding carboxylic acids is 1. The molecular formula is C10H21N3O2. The quantitative estimate of drug-likeness (QED) is 0.680. The van der Waals surface area contributed by atoms with E-state index >= 15 is 0 Å². The van der Waals surface area contributed by atoms with Gasteiger partial charge in [0, 0.05) is 39.8 Å². The molecule has 2 N–H and O–H groups in total. The highest BCUT2D eigenvalue weighted by Crippen LogP contribution is 2.14. The molecule has 2 amide bonds. The van der Waals surface area contributed by atoms with E-state index in [4.69, 9.17) is 5.11 Å². The van der Waals surface area contributed by atoms with Gasteiger partial charge in [-0.1, -0.05) is 0 Å². The third kappa shape index (κ3) is 3.35. The van der Waals surface area contributed by atoms with Crippen LogP contribution in [0.15, 0.2) is 0 Å². The van der Waals surface area contributed by atoms with Crippen molar-refractivity contribution in [1.82, 2.24) is 15.1 Å². The summed E-state index contributed by atoms with van der Waals surface area (Å²) in [7, 11) is 3.49. The number of aliphatic hydroxyl groups excluding tert-OH is 1. The lowest BCUT2D eigenvalue weighted by Gasteiger charge is -2.36. The van der Waals surface area contributed by atoms with E-state index in [1.54, 1.807) is 11.9 Å². The molecule has 0 aromatic heterocycles. The number of rotatable bonds is 3. The first-order valence-electron chi connectivity index (χ1n) is 5.46. The predicted octanol–water partition coefficient (Wildman–Crippen LogP) is -0.286. The number of β-amino-alcohol motifs (C(OH)–C–C–N with tert-alkyl or cyclic N) is 1. The molecule has 0 unspecified atom stereocenters. The molecule has 1 saturated heterocycles. The van der Waals surface area contributed by atoms with Crippen LogP contribution in [-0.4, -0.2) is 67.3 Å². The van der Waals surface area contributed by atoms with Crippen molar-refractivity contribution in [3.05, 3.63) is 0 Å². The lowest BCUT2D eigenvalue weighted by atomic mass is 10.0. The SMILES string of the molecule is CNC(=O)N(C)C1CCN(CCO)CC1. The van der Waals surface area contributed by atoms with Gasteiger partial charge in [-0.25, -0.2) is 4.79 Å². The number of hydrogen-bond acceptors (Lipinski definition) is 3. The summed E-state index contributed by atoms with van der Waals surface area (Å²) in [5.41, 5.74) is 0. The van der Waals surface area contributed by atoms with E-state index in [0.29, 0.717) is 6.04 Å². The Bertz CT molecular complexity index is 203. The van der Waals surface area contributed by atoms with Gasteiger partial charge in [-0.05, 0) is 12.8 Å². The molecule has 5 nitrogen and oxygen atoms in total. The lowest BCUT2D eigenvalue weighted by molar-refractivity contribution is 0.120. The first-order valence-corrected chi connectivity index (χ1v) is 5.46. The third-order valence-electron chi connectivity index (χ3n) is 3.06. The van der Waals surface area contributed by atoms with E-state index in [1.165, 1.54) is 0 Å². The molecule has 1 aliphatic heterocycles. The summed E-state index contributed by atoms with van der Waals surface area (Å²) < 4.78 is 0. The summed E-state index contributed by atoms with van der Waals surface area (Å²) in [5, 5.41) is 11.4. The van der Waals surface area contributed by atoms with E-state index in [1.807, 2.05) is 7.05 Å². The fraction of sp³-hybridized carbons (Fsp3) is 0.900. The van der Waals surface area contributed by atoms with Crippen LogP contribution in [-0.2, 0) is 0 Å². The van der Waals surface area contributed by atoms with Crippen LogP contribution in [0.4, 0.5) is 4.79 Å². The van der Waals surface area contributed by atoms with Gasteiger partial charge in [-0.3, -0.25) is 0 Å². The van der Waals surface area contributed by atoms with Crippen LogP contribution in [0.1, 0.15) is 12.8 Å². The highest BCUT2D eigenvalue weighted by molar-refractivity contribution is 5.73. The van der Waals surface area contributed by atoms with E-state index < -0.39 is 0 Å². The molecular weight excluding hydrogens is 194 g/mol. The Labute approximate surface area is 91.0 Å². The Hall–Kier alpha value is -0.810. The zero-order valence-electron chi connectivity index (χ0n) is 9.57. The second kappa shape index (κ2) is 5.92. The topological polar surface area (TPSA) is 55.8 Å². The van der Waals surface area contributed by atoms with Crippen molar-refractivity contribution in [1.29, 1.82) is 0 Å². The Morgan fingerprint density at radius 2 is 2.13 bits per heavy atom. The maximum absolute atomic E-state index is 11.4. The zero-order chi connectivity index (χ0) is 11.3. The molecule has 0 atom stereocenters. The summed E-state index contributed by atoms with van der Waals surface area (Å²) in [6, 6.07) is 0.315. The van der Waals surface area contributed by atoms with Crippen LogP contribution in [0.2, 0.25) is 0 Å². The average molecular weight is 215 g/mol. The number of likely N-dealkylation sites (tertiary alicyclic amines) is 1. The molecule has 0 aromatic carbocycles. The maximum Gasteiger partial charge on any atom is 0.317 e. The highest BCUT2D eigenvalue weighted by Gasteiger charge is 2.24. The van der Waals surface area contributed by atoms with Gasteiger partial charge in [0.05, 0.1) is 6.61 Å². The van der Waals surface area contributed by atoms with Crippen molar-refractivity contribution in [2.45, 2.75) is 18.9 Å². The summed E-state index contributed by atoms with van der Waals surface area (Å²) in [5.74, 6) is 0. The van der Waals surface area contributed by atoms with Crippen LogP contribution < -0.4 is 5.32 Å². The Kier molecular flexibility index (Phi) is 4.84. The van der Waals surface area contributed by atoms with E-state index in [0.717, 1.165) is 32.5 Å². The second-order valence-electron chi connectivity index (χ2n) is 3.96. The van der Waals surface area contributed by atoms with Crippen LogP contribution in [0.3, 0.4) is 0 Å². The molecule has 1 rings (SSSR count). The molecule has 1 heterocycles. The monoisotopic (exact) mass is 215 g/mol. The molecule has 0 saturated carbocycles. The van der Waals surface area contributed by atoms with Gasteiger partial charge < -0.3 is 20.2 Å². The van der Waals surface area contributed by atoms with Crippen LogP contribution in [0.5, 0.6) is 0 Å². The van der Waals surface area contributed by atoms with E-state index in [2.05, 4.69) is 10.2 Å². The number of amides is 2. The normalized spacial score (nSPS) is 18.9. The lowest BCUT2D eigenvalue weighted by Crippen LogP contribution is -2.48. The number of nitrogens with zero attached hydrogens (tertiary/aromatic N) is 2. The third-order valence-corrected chi connectivity index (χ3v) is 3.06. The summed E-state index contributed by atoms with van der Waals surface area (Å²) in [4.78, 5) is 15.4. The minimum Gasteiger partial charge on any atom is -0.395 e. The molecule has 88 valence electrons. The van der Waals surface area contributed by atoms with Gasteiger partial charge in [0.1, 0.15) is 0 Å². The van der Waals surface area contributed by atoms with Gasteiger partial charge in [0.15, 0.2) is 0 Å². The number of piperidine rings is 1. The predicted molar refractivity (Wildman–Crippen MR) is 58.8 cm³/mol. The molecule has 0 spiro atoms. The summed E-state index contributed by atoms with van der Waals surface area (Å²) >= 11 is 0. The van der Waals surface area contributed by atoms with Crippen molar-refractivity contribution in [3.8, 4) is 0 Å². The molecule has 0 aromatic rings. The standard InChI is InChI=1S/C10H21N3O2/c1-11-10(15)12(2)9-3-5-13(6-4-9)7-8-14/h9,14H,3-8H2,1-2H3,(H,11,15). The van der Waals surface area contributed by atoms with Gasteiger partial charge in [0.25, 0.3) is 0 Å². The zero-order valence-corrected chi connectivity index (χ0v) is 9.57. The first-order chi connectivity index (χ1) is 7.19. The average Bonchev–Trinajstić information content (AvgIpc) is 2.28. The fourth-order valence-electron chi connectivity index (χ4n) is 2.01. The smallest absolute Gasteiger partial charge is 0.317 e. The van der Waals surface area contributed by atoms with Crippen LogP contribution >= 0.6 is 0 Å². The highest BCUT2D eigenvalue weighted by atomic mass is 16.3. The number of carbonyl (C=O) groups is 1. The van der Waals surface area contributed by atoms with Gasteiger partial charge in [0.2, 0.25) is 0 Å². The number of nitrogens with one attached hydrogen (secondary N) is 1. The molecule has 0 aliphatic carbocycles. The maximum atomic E-state index is 11.4. The largest absolute Gasteiger partial charge is 0.395 e. The first kappa shape index (κ1) is 12.3.